The van der Waals surface area contributed by atoms with Gasteiger partial charge in [-0.15, -0.1) is 0 Å². The number of hydrogen-bond donors (Lipinski definition) is 4. The molecule has 0 aliphatic heterocycles. The molecule has 0 aliphatic carbocycles. The molecule has 0 saturated carbocycles. The summed E-state index contributed by atoms with van der Waals surface area (Å²) in [6.07, 6.45) is 2.13. The van der Waals surface area contributed by atoms with Gasteiger partial charge in [-0.3, -0.25) is 10.9 Å². The van der Waals surface area contributed by atoms with E-state index in [0.717, 1.165) is 5.71 Å². The fourth-order valence-electron chi connectivity index (χ4n) is 0.483. The van der Waals surface area contributed by atoms with Gasteiger partial charge in [-0.2, -0.15) is 10.2 Å². The molecule has 6 N–H and O–H groups in total. The van der Waals surface area contributed by atoms with Crippen LogP contribution in [0.2, 0.25) is 0 Å². The number of hydrogen-bond acceptors (Lipinski definition) is 4. The molecule has 0 aliphatic rings. The van der Waals surface area contributed by atoms with Crippen LogP contribution in [-0.2, 0) is 0 Å². The normalized spacial score (nSPS) is 11.4. The van der Waals surface area contributed by atoms with Gasteiger partial charge in [0.15, 0.2) is 10.2 Å². The zero-order valence-corrected chi connectivity index (χ0v) is 9.28. The fourth-order valence-corrected chi connectivity index (χ4v) is 0.582. The Balaban J connectivity index is 3.77. The molecule has 0 fully saturated rings. The van der Waals surface area contributed by atoms with Gasteiger partial charge in [0, 0.05) is 18.3 Å². The van der Waals surface area contributed by atoms with Crippen molar-refractivity contribution in [3.8, 4) is 0 Å². The predicted octanol–water partition coefficient (Wildman–Crippen LogP) is -0.595. The molecule has 0 heterocycles. The maximum atomic E-state index is 5.17. The van der Waals surface area contributed by atoms with Crippen molar-refractivity contribution in [2.75, 3.05) is 0 Å². The van der Waals surface area contributed by atoms with Crippen molar-refractivity contribution in [3.05, 3.63) is 0 Å². The molecular weight excluding hydrogens is 220 g/mol. The number of nitrogens with two attached hydrogens (primary N) is 2. The maximum absolute atomic E-state index is 5.17. The lowest BCUT2D eigenvalue weighted by atomic mass is 10.3. The van der Waals surface area contributed by atoms with E-state index >= 15 is 0 Å². The Morgan fingerprint density at radius 2 is 1.86 bits per heavy atom. The van der Waals surface area contributed by atoms with Crippen LogP contribution in [-0.4, -0.2) is 22.2 Å². The van der Waals surface area contributed by atoms with E-state index in [1.807, 2.05) is 0 Å². The smallest absolute Gasteiger partial charge is 0.184 e. The van der Waals surface area contributed by atoms with E-state index < -0.39 is 0 Å². The third kappa shape index (κ3) is 8.81. The molecule has 0 atom stereocenters. The second-order valence-corrected chi connectivity index (χ2v) is 3.19. The van der Waals surface area contributed by atoms with Gasteiger partial charge < -0.3 is 11.5 Å². The largest absolute Gasteiger partial charge is 0.375 e. The lowest BCUT2D eigenvalue weighted by molar-refractivity contribution is 1.01. The summed E-state index contributed by atoms with van der Waals surface area (Å²) in [4.78, 5) is 0. The summed E-state index contributed by atoms with van der Waals surface area (Å²) in [5, 5.41) is 7.83. The first kappa shape index (κ1) is 12.7. The average Bonchev–Trinajstić information content (AvgIpc) is 2.08. The van der Waals surface area contributed by atoms with Crippen LogP contribution >= 0.6 is 24.4 Å². The highest BCUT2D eigenvalue weighted by atomic mass is 32.1. The molecule has 0 radical (unpaired) electrons. The van der Waals surface area contributed by atoms with Crippen LogP contribution in [0, 0.1) is 0 Å². The Hall–Kier alpha value is -1.28. The van der Waals surface area contributed by atoms with Crippen molar-refractivity contribution in [1.82, 2.24) is 10.9 Å². The van der Waals surface area contributed by atoms with Crippen molar-refractivity contribution in [3.63, 3.8) is 0 Å². The molecule has 78 valence electrons. The molecule has 0 rings (SSSR count). The van der Waals surface area contributed by atoms with Gasteiger partial charge in [0.05, 0.1) is 0 Å². The third-order valence-corrected chi connectivity index (χ3v) is 1.19. The van der Waals surface area contributed by atoms with Gasteiger partial charge in [-0.1, -0.05) is 0 Å². The number of rotatable bonds is 4. The molecule has 8 heteroatoms. The van der Waals surface area contributed by atoms with Crippen LogP contribution < -0.4 is 22.3 Å². The first-order valence-electron chi connectivity index (χ1n) is 3.68. The van der Waals surface area contributed by atoms with E-state index in [1.54, 1.807) is 13.1 Å². The zero-order valence-electron chi connectivity index (χ0n) is 7.65. The summed E-state index contributed by atoms with van der Waals surface area (Å²) < 4.78 is 0. The highest BCUT2D eigenvalue weighted by Crippen LogP contribution is 1.80. The second-order valence-electron chi connectivity index (χ2n) is 2.31. The average molecular weight is 232 g/mol. The number of thiocarbonyl (C=S) groups is 2. The quantitative estimate of drug-likeness (QED) is 0.293. The minimum atomic E-state index is 0.122. The second kappa shape index (κ2) is 7.15. The van der Waals surface area contributed by atoms with Gasteiger partial charge >= 0.3 is 0 Å². The fraction of sp³-hybridized carbons (Fsp3) is 0.333. The van der Waals surface area contributed by atoms with Crippen molar-refractivity contribution in [2.45, 2.75) is 13.3 Å². The summed E-state index contributed by atoms with van der Waals surface area (Å²) in [6, 6.07) is 0. The lowest BCUT2D eigenvalue weighted by Crippen LogP contribution is -2.25. The van der Waals surface area contributed by atoms with Gasteiger partial charge in [-0.05, 0) is 31.4 Å². The van der Waals surface area contributed by atoms with Crippen molar-refractivity contribution >= 4 is 46.6 Å². The molecule has 6 nitrogen and oxygen atoms in total. The maximum Gasteiger partial charge on any atom is 0.184 e. The molecule has 0 saturated heterocycles. The van der Waals surface area contributed by atoms with Crippen LogP contribution in [0.1, 0.15) is 13.3 Å². The van der Waals surface area contributed by atoms with Gasteiger partial charge in [0.1, 0.15) is 0 Å². The van der Waals surface area contributed by atoms with E-state index in [1.165, 1.54) is 0 Å². The molecule has 0 unspecified atom stereocenters. The van der Waals surface area contributed by atoms with Crippen molar-refractivity contribution in [1.29, 1.82) is 0 Å². The minimum absolute atomic E-state index is 0.122. The SMILES string of the molecule is C/C(C/C=N/NC(N)=S)=N/NC(N)=S. The standard InChI is InChI=1S/C6H12N6S2/c1-4(10-12-6(8)14)2-3-9-11-5(7)13/h3H,2H2,1H3,(H3,7,11,13)(H3,8,12,14)/b9-3+,10-4-. The van der Waals surface area contributed by atoms with Crippen LogP contribution in [0.15, 0.2) is 10.2 Å². The highest BCUT2D eigenvalue weighted by molar-refractivity contribution is 7.80. The van der Waals surface area contributed by atoms with E-state index in [9.17, 15) is 0 Å². The molecular formula is C6H12N6S2. The number of hydrazone groups is 2. The molecule has 14 heavy (non-hydrogen) atoms. The molecule has 0 bridgehead atoms. The zero-order chi connectivity index (χ0) is 11.0. The van der Waals surface area contributed by atoms with Crippen molar-refractivity contribution < 1.29 is 0 Å². The highest BCUT2D eigenvalue weighted by Gasteiger charge is 1.88. The summed E-state index contributed by atoms with van der Waals surface area (Å²) in [5.74, 6) is 0. The first-order chi connectivity index (χ1) is 6.52. The van der Waals surface area contributed by atoms with Gasteiger partial charge in [0.25, 0.3) is 0 Å². The molecule has 0 spiro atoms. The van der Waals surface area contributed by atoms with Gasteiger partial charge in [0.2, 0.25) is 0 Å². The summed E-state index contributed by atoms with van der Waals surface area (Å²) >= 11 is 9.10. The lowest BCUT2D eigenvalue weighted by Gasteiger charge is -1.97. The van der Waals surface area contributed by atoms with Crippen LogP contribution in [0.25, 0.3) is 0 Å². The Bertz CT molecular complexity index is 271. The number of nitrogens with one attached hydrogen (secondary N) is 2. The van der Waals surface area contributed by atoms with Gasteiger partial charge in [-0.25, -0.2) is 0 Å². The topological polar surface area (TPSA) is 101 Å². The molecule has 0 aromatic heterocycles. The Morgan fingerprint density at radius 3 is 2.36 bits per heavy atom. The summed E-state index contributed by atoms with van der Waals surface area (Å²) in [7, 11) is 0. The predicted molar refractivity (Wildman–Crippen MR) is 66.1 cm³/mol. The molecule has 0 aromatic carbocycles. The first-order valence-corrected chi connectivity index (χ1v) is 4.49. The van der Waals surface area contributed by atoms with Crippen LogP contribution in [0.4, 0.5) is 0 Å². The van der Waals surface area contributed by atoms with Crippen molar-refractivity contribution in [2.24, 2.45) is 21.7 Å². The summed E-state index contributed by atoms with van der Waals surface area (Å²) in [6.45, 7) is 1.80. The Labute approximate surface area is 92.8 Å². The molecule has 0 aromatic rings. The van der Waals surface area contributed by atoms with E-state index in [-0.39, 0.29) is 10.2 Å². The molecule has 0 amide bonds. The number of nitrogens with zero attached hydrogens (tertiary/aromatic N) is 2. The van der Waals surface area contributed by atoms with E-state index in [2.05, 4.69) is 45.5 Å². The van der Waals surface area contributed by atoms with Crippen LogP contribution in [0.3, 0.4) is 0 Å². The van der Waals surface area contributed by atoms with E-state index in [4.69, 9.17) is 11.5 Å². The Kier molecular flexibility index (Phi) is 6.50. The summed E-state index contributed by atoms with van der Waals surface area (Å²) in [5.41, 5.74) is 16.0. The van der Waals surface area contributed by atoms with Crippen LogP contribution in [0.5, 0.6) is 0 Å². The Morgan fingerprint density at radius 1 is 1.29 bits per heavy atom. The van der Waals surface area contributed by atoms with E-state index in [0.29, 0.717) is 6.42 Å². The monoisotopic (exact) mass is 232 g/mol. The minimum Gasteiger partial charge on any atom is -0.375 e. The third-order valence-electron chi connectivity index (χ3n) is 1.01.